The Balaban J connectivity index is 2.79. The monoisotopic (exact) mass is 298 g/mol. The van der Waals surface area contributed by atoms with E-state index in [0.717, 1.165) is 25.8 Å². The molecule has 1 aliphatic rings. The van der Waals surface area contributed by atoms with Gasteiger partial charge in [-0.2, -0.15) is 0 Å². The van der Waals surface area contributed by atoms with Gasteiger partial charge in [-0.25, -0.2) is 0 Å². The van der Waals surface area contributed by atoms with Crippen LogP contribution >= 0.6 is 0 Å². The molecule has 1 rings (SSSR count). The molecule has 124 valence electrons. The molecule has 0 amide bonds. The molecule has 1 aliphatic carbocycles. The van der Waals surface area contributed by atoms with Crippen molar-refractivity contribution < 1.29 is 9.53 Å². The SMILES string of the molecule is CCCCN(C)C1CCCC(NC(C)C)(C(=O)OCC)C1. The highest BCUT2D eigenvalue weighted by Gasteiger charge is 2.45. The fourth-order valence-electron chi connectivity index (χ4n) is 3.41. The first kappa shape index (κ1) is 18.4. The Morgan fingerprint density at radius 3 is 2.71 bits per heavy atom. The molecule has 0 bridgehead atoms. The summed E-state index contributed by atoms with van der Waals surface area (Å²) in [5, 5.41) is 3.52. The highest BCUT2D eigenvalue weighted by Crippen LogP contribution is 2.32. The first-order chi connectivity index (χ1) is 9.95. The summed E-state index contributed by atoms with van der Waals surface area (Å²) < 4.78 is 5.37. The molecule has 1 fully saturated rings. The molecule has 0 aromatic carbocycles. The Morgan fingerprint density at radius 1 is 1.43 bits per heavy atom. The molecule has 0 aromatic rings. The molecule has 0 spiro atoms. The van der Waals surface area contributed by atoms with Crippen LogP contribution in [0, 0.1) is 0 Å². The first-order valence-electron chi connectivity index (χ1n) is 8.60. The summed E-state index contributed by atoms with van der Waals surface area (Å²) in [6.07, 6.45) is 6.45. The molecule has 2 atom stereocenters. The number of nitrogens with zero attached hydrogens (tertiary/aromatic N) is 1. The van der Waals surface area contributed by atoms with E-state index in [0.29, 0.717) is 12.6 Å². The van der Waals surface area contributed by atoms with Crippen molar-refractivity contribution in [3.63, 3.8) is 0 Å². The van der Waals surface area contributed by atoms with Gasteiger partial charge < -0.3 is 9.64 Å². The van der Waals surface area contributed by atoms with E-state index >= 15 is 0 Å². The van der Waals surface area contributed by atoms with Crippen LogP contribution < -0.4 is 5.32 Å². The maximum Gasteiger partial charge on any atom is 0.326 e. The summed E-state index contributed by atoms with van der Waals surface area (Å²) in [6.45, 7) is 9.88. The summed E-state index contributed by atoms with van der Waals surface area (Å²) in [7, 11) is 2.19. The van der Waals surface area contributed by atoms with Crippen molar-refractivity contribution in [3.05, 3.63) is 0 Å². The number of esters is 1. The van der Waals surface area contributed by atoms with Gasteiger partial charge in [0.1, 0.15) is 5.54 Å². The van der Waals surface area contributed by atoms with Gasteiger partial charge in [0.05, 0.1) is 6.61 Å². The van der Waals surface area contributed by atoms with E-state index in [1.807, 2.05) is 6.92 Å². The predicted molar refractivity (Wildman–Crippen MR) is 87.4 cm³/mol. The van der Waals surface area contributed by atoms with E-state index in [9.17, 15) is 4.79 Å². The fourth-order valence-corrected chi connectivity index (χ4v) is 3.41. The quantitative estimate of drug-likeness (QED) is 0.700. The summed E-state index contributed by atoms with van der Waals surface area (Å²) in [4.78, 5) is 15.0. The lowest BCUT2D eigenvalue weighted by atomic mass is 9.78. The van der Waals surface area contributed by atoms with Crippen molar-refractivity contribution in [2.45, 2.75) is 83.8 Å². The summed E-state index contributed by atoms with van der Waals surface area (Å²) in [6, 6.07) is 0.759. The zero-order chi connectivity index (χ0) is 15.9. The molecule has 21 heavy (non-hydrogen) atoms. The molecular formula is C17H34N2O2. The van der Waals surface area contributed by atoms with Crippen LogP contribution in [0.15, 0.2) is 0 Å². The summed E-state index contributed by atoms with van der Waals surface area (Å²) in [5.41, 5.74) is -0.492. The second-order valence-electron chi connectivity index (χ2n) is 6.69. The minimum atomic E-state index is -0.492. The minimum absolute atomic E-state index is 0.0627. The van der Waals surface area contributed by atoms with E-state index in [2.05, 4.69) is 38.0 Å². The Morgan fingerprint density at radius 2 is 2.14 bits per heavy atom. The molecule has 1 saturated carbocycles. The van der Waals surface area contributed by atoms with E-state index in [1.165, 1.54) is 19.3 Å². The highest BCUT2D eigenvalue weighted by atomic mass is 16.5. The number of ether oxygens (including phenoxy) is 1. The van der Waals surface area contributed by atoms with Gasteiger partial charge >= 0.3 is 5.97 Å². The predicted octanol–water partition coefficient (Wildman–Crippen LogP) is 2.96. The third kappa shape index (κ3) is 5.26. The Kier molecular flexibility index (Phi) is 7.67. The normalized spacial score (nSPS) is 26.3. The van der Waals surface area contributed by atoms with Crippen molar-refractivity contribution in [2.24, 2.45) is 0 Å². The molecule has 0 heterocycles. The molecule has 4 heteroatoms. The van der Waals surface area contributed by atoms with Crippen LogP contribution in [-0.4, -0.2) is 48.7 Å². The van der Waals surface area contributed by atoms with E-state index in [-0.39, 0.29) is 12.0 Å². The standard InChI is InChI=1S/C17H34N2O2/c1-6-8-12-19(5)15-10-9-11-17(13-15,18-14(3)4)16(20)21-7-2/h14-15,18H,6-13H2,1-5H3. The van der Waals surface area contributed by atoms with Gasteiger partial charge in [0.25, 0.3) is 0 Å². The highest BCUT2D eigenvalue weighted by molar-refractivity contribution is 5.81. The van der Waals surface area contributed by atoms with Gasteiger partial charge in [-0.05, 0) is 66.5 Å². The number of hydrogen-bond donors (Lipinski definition) is 1. The van der Waals surface area contributed by atoms with Crippen molar-refractivity contribution in [1.29, 1.82) is 0 Å². The number of hydrogen-bond acceptors (Lipinski definition) is 4. The molecule has 2 unspecified atom stereocenters. The lowest BCUT2D eigenvalue weighted by Gasteiger charge is -2.43. The van der Waals surface area contributed by atoms with Crippen molar-refractivity contribution >= 4 is 5.97 Å². The lowest BCUT2D eigenvalue weighted by Crippen LogP contribution is -2.60. The van der Waals surface area contributed by atoms with Crippen LogP contribution in [-0.2, 0) is 9.53 Å². The topological polar surface area (TPSA) is 41.6 Å². The van der Waals surface area contributed by atoms with E-state index < -0.39 is 5.54 Å². The van der Waals surface area contributed by atoms with E-state index in [1.54, 1.807) is 0 Å². The molecule has 0 saturated heterocycles. The van der Waals surface area contributed by atoms with Crippen LogP contribution in [0.2, 0.25) is 0 Å². The van der Waals surface area contributed by atoms with Gasteiger partial charge in [-0.1, -0.05) is 13.3 Å². The average molecular weight is 298 g/mol. The molecular weight excluding hydrogens is 264 g/mol. The number of rotatable bonds is 8. The minimum Gasteiger partial charge on any atom is -0.465 e. The maximum atomic E-state index is 12.5. The average Bonchev–Trinajstić information content (AvgIpc) is 2.44. The second-order valence-corrected chi connectivity index (χ2v) is 6.69. The van der Waals surface area contributed by atoms with Crippen LogP contribution in [0.4, 0.5) is 0 Å². The first-order valence-corrected chi connectivity index (χ1v) is 8.60. The van der Waals surface area contributed by atoms with Crippen LogP contribution in [0.1, 0.15) is 66.2 Å². The van der Waals surface area contributed by atoms with Crippen molar-refractivity contribution in [3.8, 4) is 0 Å². The van der Waals surface area contributed by atoms with Crippen LogP contribution in [0.5, 0.6) is 0 Å². The van der Waals surface area contributed by atoms with Crippen LogP contribution in [0.25, 0.3) is 0 Å². The van der Waals surface area contributed by atoms with Gasteiger partial charge in [-0.3, -0.25) is 10.1 Å². The molecule has 0 aliphatic heterocycles. The second kappa shape index (κ2) is 8.74. The zero-order valence-electron chi connectivity index (χ0n) is 14.6. The molecule has 0 aromatic heterocycles. The largest absolute Gasteiger partial charge is 0.465 e. The number of unbranched alkanes of at least 4 members (excludes halogenated alkanes) is 1. The Labute approximate surface area is 130 Å². The van der Waals surface area contributed by atoms with Gasteiger partial charge in [0, 0.05) is 12.1 Å². The summed E-state index contributed by atoms with van der Waals surface area (Å²) in [5.74, 6) is -0.0627. The number of carbonyl (C=O) groups excluding carboxylic acids is 1. The van der Waals surface area contributed by atoms with Crippen LogP contribution in [0.3, 0.4) is 0 Å². The summed E-state index contributed by atoms with van der Waals surface area (Å²) >= 11 is 0. The van der Waals surface area contributed by atoms with Crippen molar-refractivity contribution in [1.82, 2.24) is 10.2 Å². The zero-order valence-corrected chi connectivity index (χ0v) is 14.6. The molecule has 1 N–H and O–H groups in total. The van der Waals surface area contributed by atoms with Crippen molar-refractivity contribution in [2.75, 3.05) is 20.2 Å². The fraction of sp³-hybridized carbons (Fsp3) is 0.941. The number of nitrogens with one attached hydrogen (secondary N) is 1. The Bertz CT molecular complexity index is 320. The van der Waals surface area contributed by atoms with Gasteiger partial charge in [0.2, 0.25) is 0 Å². The number of carbonyl (C=O) groups is 1. The van der Waals surface area contributed by atoms with E-state index in [4.69, 9.17) is 4.74 Å². The molecule has 0 radical (unpaired) electrons. The Hall–Kier alpha value is -0.610. The third-order valence-corrected chi connectivity index (χ3v) is 4.44. The van der Waals surface area contributed by atoms with Gasteiger partial charge in [-0.15, -0.1) is 0 Å². The molecule has 4 nitrogen and oxygen atoms in total. The van der Waals surface area contributed by atoms with Gasteiger partial charge in [0.15, 0.2) is 0 Å². The third-order valence-electron chi connectivity index (χ3n) is 4.44. The lowest BCUT2D eigenvalue weighted by molar-refractivity contribution is -0.154. The maximum absolute atomic E-state index is 12.5. The smallest absolute Gasteiger partial charge is 0.326 e.